The molecule has 0 spiro atoms. The molecule has 0 radical (unpaired) electrons. The Kier molecular flexibility index (Phi) is 6.28. The van der Waals surface area contributed by atoms with Crippen molar-refractivity contribution in [3.63, 3.8) is 0 Å². The summed E-state index contributed by atoms with van der Waals surface area (Å²) in [6, 6.07) is 11.8. The minimum Gasteiger partial charge on any atom is -0.456 e. The van der Waals surface area contributed by atoms with Gasteiger partial charge in [-0.1, -0.05) is 35.4 Å². The van der Waals surface area contributed by atoms with E-state index in [0.29, 0.717) is 11.1 Å². The lowest BCUT2D eigenvalue weighted by Gasteiger charge is -2.14. The number of Topliss-reactive ketones (excluding diaryl/α,β-unsaturated/α-hetero) is 1. The van der Waals surface area contributed by atoms with Crippen LogP contribution in [0.25, 0.3) is 0 Å². The van der Waals surface area contributed by atoms with Crippen LogP contribution in [0.15, 0.2) is 42.5 Å². The number of hydrogen-bond acceptors (Lipinski definition) is 4. The summed E-state index contributed by atoms with van der Waals surface area (Å²) in [5.74, 6) is -1.28. The Bertz CT molecular complexity index is 842. The Morgan fingerprint density at radius 1 is 1.00 bits per heavy atom. The summed E-state index contributed by atoms with van der Waals surface area (Å²) in [4.78, 5) is 36.5. The summed E-state index contributed by atoms with van der Waals surface area (Å²) >= 11 is 0. The van der Waals surface area contributed by atoms with Gasteiger partial charge < -0.3 is 10.1 Å². The van der Waals surface area contributed by atoms with Gasteiger partial charge in [-0.2, -0.15) is 0 Å². The van der Waals surface area contributed by atoms with Crippen LogP contribution in [0, 0.1) is 20.8 Å². The van der Waals surface area contributed by atoms with Crippen molar-refractivity contribution in [2.24, 2.45) is 0 Å². The third kappa shape index (κ3) is 5.02. The van der Waals surface area contributed by atoms with Crippen LogP contribution >= 0.6 is 0 Å². The van der Waals surface area contributed by atoms with Gasteiger partial charge in [-0.3, -0.25) is 9.59 Å². The number of benzene rings is 2. The second-order valence-corrected chi connectivity index (χ2v) is 6.41. The SMILES string of the molecule is Cc1cccc(C(=O)N[C@@H](C)C(=O)OCC(=O)c2cc(C)ccc2C)c1. The average Bonchev–Trinajstić information content (AvgIpc) is 2.61. The summed E-state index contributed by atoms with van der Waals surface area (Å²) in [5.41, 5.74) is 3.75. The zero-order valence-corrected chi connectivity index (χ0v) is 15.5. The number of carbonyl (C=O) groups excluding carboxylic acids is 3. The van der Waals surface area contributed by atoms with Gasteiger partial charge in [-0.05, 0) is 51.5 Å². The smallest absolute Gasteiger partial charge is 0.328 e. The number of ether oxygens (including phenoxy) is 1. The summed E-state index contributed by atoms with van der Waals surface area (Å²) in [5, 5.41) is 2.58. The van der Waals surface area contributed by atoms with Gasteiger partial charge in [0.25, 0.3) is 5.91 Å². The lowest BCUT2D eigenvalue weighted by atomic mass is 10.0. The molecule has 5 nitrogen and oxygen atoms in total. The standard InChI is InChI=1S/C21H23NO4/c1-13-6-5-7-17(10-13)20(24)22-16(4)21(25)26-12-19(23)18-11-14(2)8-9-15(18)3/h5-11,16H,12H2,1-4H3,(H,22,24)/t16-/m0/s1. The first-order valence-electron chi connectivity index (χ1n) is 8.42. The molecule has 0 aliphatic carbocycles. The minimum atomic E-state index is -0.852. The number of nitrogens with one attached hydrogen (secondary N) is 1. The van der Waals surface area contributed by atoms with E-state index in [4.69, 9.17) is 4.74 Å². The van der Waals surface area contributed by atoms with Crippen LogP contribution < -0.4 is 5.32 Å². The molecule has 136 valence electrons. The number of amides is 1. The predicted molar refractivity (Wildman–Crippen MR) is 99.3 cm³/mol. The van der Waals surface area contributed by atoms with Crippen LogP contribution in [0.4, 0.5) is 0 Å². The maximum atomic E-state index is 12.3. The molecular formula is C21H23NO4. The Morgan fingerprint density at radius 2 is 1.69 bits per heavy atom. The van der Waals surface area contributed by atoms with Gasteiger partial charge in [-0.15, -0.1) is 0 Å². The molecule has 0 heterocycles. The third-order valence-electron chi connectivity index (χ3n) is 4.02. The van der Waals surface area contributed by atoms with Gasteiger partial charge in [0.15, 0.2) is 6.61 Å². The number of rotatable bonds is 6. The van der Waals surface area contributed by atoms with Gasteiger partial charge in [0, 0.05) is 11.1 Å². The molecule has 0 bridgehead atoms. The number of carbonyl (C=O) groups is 3. The lowest BCUT2D eigenvalue weighted by Crippen LogP contribution is -2.40. The fourth-order valence-corrected chi connectivity index (χ4v) is 2.50. The minimum absolute atomic E-state index is 0.267. The summed E-state index contributed by atoms with van der Waals surface area (Å²) in [6.07, 6.45) is 0. The highest BCUT2D eigenvalue weighted by Crippen LogP contribution is 2.12. The fourth-order valence-electron chi connectivity index (χ4n) is 2.50. The van der Waals surface area contributed by atoms with Crippen LogP contribution in [-0.2, 0) is 9.53 Å². The highest BCUT2D eigenvalue weighted by atomic mass is 16.5. The lowest BCUT2D eigenvalue weighted by molar-refractivity contribution is -0.144. The third-order valence-corrected chi connectivity index (χ3v) is 4.02. The Morgan fingerprint density at radius 3 is 2.38 bits per heavy atom. The molecule has 0 saturated heterocycles. The number of esters is 1. The molecule has 2 aromatic rings. The van der Waals surface area contributed by atoms with E-state index in [-0.39, 0.29) is 18.3 Å². The summed E-state index contributed by atoms with van der Waals surface area (Å²) in [7, 11) is 0. The fraction of sp³-hybridized carbons (Fsp3) is 0.286. The zero-order chi connectivity index (χ0) is 19.3. The Labute approximate surface area is 153 Å². The van der Waals surface area contributed by atoms with Crippen molar-refractivity contribution in [2.45, 2.75) is 33.7 Å². The van der Waals surface area contributed by atoms with Gasteiger partial charge in [0.2, 0.25) is 5.78 Å². The molecular weight excluding hydrogens is 330 g/mol. The molecule has 2 aromatic carbocycles. The van der Waals surface area contributed by atoms with Gasteiger partial charge in [0.1, 0.15) is 6.04 Å². The molecule has 1 amide bonds. The van der Waals surface area contributed by atoms with Gasteiger partial charge in [-0.25, -0.2) is 4.79 Å². The first kappa shape index (κ1) is 19.4. The molecule has 0 unspecified atom stereocenters. The van der Waals surface area contributed by atoms with Crippen molar-refractivity contribution in [1.29, 1.82) is 0 Å². The van der Waals surface area contributed by atoms with Crippen LogP contribution in [0.1, 0.15) is 44.3 Å². The molecule has 0 aliphatic rings. The predicted octanol–water partition coefficient (Wildman–Crippen LogP) is 3.16. The number of aryl methyl sites for hydroxylation is 3. The normalized spacial score (nSPS) is 11.5. The number of ketones is 1. The van der Waals surface area contributed by atoms with Crippen molar-refractivity contribution in [2.75, 3.05) is 6.61 Å². The van der Waals surface area contributed by atoms with Crippen LogP contribution in [0.2, 0.25) is 0 Å². The van der Waals surface area contributed by atoms with Crippen LogP contribution in [-0.4, -0.2) is 30.3 Å². The van der Waals surface area contributed by atoms with Gasteiger partial charge >= 0.3 is 5.97 Å². The molecule has 0 aromatic heterocycles. The average molecular weight is 353 g/mol. The number of hydrogen-bond donors (Lipinski definition) is 1. The summed E-state index contributed by atoms with van der Waals surface area (Å²) < 4.78 is 5.07. The molecule has 0 saturated carbocycles. The quantitative estimate of drug-likeness (QED) is 0.640. The highest BCUT2D eigenvalue weighted by Gasteiger charge is 2.20. The second-order valence-electron chi connectivity index (χ2n) is 6.41. The van der Waals surface area contributed by atoms with E-state index in [0.717, 1.165) is 16.7 Å². The monoisotopic (exact) mass is 353 g/mol. The molecule has 0 fully saturated rings. The van der Waals surface area contributed by atoms with E-state index in [1.165, 1.54) is 6.92 Å². The largest absolute Gasteiger partial charge is 0.456 e. The van der Waals surface area contributed by atoms with Crippen molar-refractivity contribution in [3.05, 3.63) is 70.3 Å². The van der Waals surface area contributed by atoms with E-state index < -0.39 is 12.0 Å². The first-order valence-corrected chi connectivity index (χ1v) is 8.42. The second kappa shape index (κ2) is 8.43. The van der Waals surface area contributed by atoms with E-state index in [1.54, 1.807) is 24.3 Å². The maximum absolute atomic E-state index is 12.3. The van der Waals surface area contributed by atoms with Gasteiger partial charge in [0.05, 0.1) is 0 Å². The van der Waals surface area contributed by atoms with Crippen LogP contribution in [0.5, 0.6) is 0 Å². The summed E-state index contributed by atoms with van der Waals surface area (Å²) in [6.45, 7) is 6.78. The molecule has 5 heteroatoms. The van der Waals surface area contributed by atoms with E-state index >= 15 is 0 Å². The molecule has 2 rings (SSSR count). The molecule has 1 N–H and O–H groups in total. The Balaban J connectivity index is 1.91. The topological polar surface area (TPSA) is 72.5 Å². The highest BCUT2D eigenvalue weighted by molar-refractivity contribution is 6.00. The Hall–Kier alpha value is -2.95. The van der Waals surface area contributed by atoms with Crippen molar-refractivity contribution < 1.29 is 19.1 Å². The maximum Gasteiger partial charge on any atom is 0.328 e. The molecule has 26 heavy (non-hydrogen) atoms. The molecule has 0 aliphatic heterocycles. The van der Waals surface area contributed by atoms with Crippen molar-refractivity contribution in [3.8, 4) is 0 Å². The van der Waals surface area contributed by atoms with E-state index in [2.05, 4.69) is 5.32 Å². The van der Waals surface area contributed by atoms with E-state index in [1.807, 2.05) is 39.0 Å². The van der Waals surface area contributed by atoms with Crippen LogP contribution in [0.3, 0.4) is 0 Å². The first-order chi connectivity index (χ1) is 12.3. The molecule has 1 atom stereocenters. The van der Waals surface area contributed by atoms with Crippen molar-refractivity contribution >= 4 is 17.7 Å². The zero-order valence-electron chi connectivity index (χ0n) is 15.5. The van der Waals surface area contributed by atoms with Crippen molar-refractivity contribution in [1.82, 2.24) is 5.32 Å². The van der Waals surface area contributed by atoms with E-state index in [9.17, 15) is 14.4 Å².